The van der Waals surface area contributed by atoms with Crippen LogP contribution in [0.2, 0.25) is 0 Å². The van der Waals surface area contributed by atoms with E-state index >= 15 is 0 Å². The Kier molecular flexibility index (Phi) is 2.65. The first-order valence-electron chi connectivity index (χ1n) is 3.64. The van der Waals surface area contributed by atoms with E-state index in [0.29, 0.717) is 5.25 Å². The lowest BCUT2D eigenvalue weighted by Gasteiger charge is -2.05. The summed E-state index contributed by atoms with van der Waals surface area (Å²) in [4.78, 5) is 0. The van der Waals surface area contributed by atoms with Gasteiger partial charge in [-0.05, 0) is 25.2 Å². The minimum absolute atomic E-state index is 0.523. The third-order valence-corrected chi connectivity index (χ3v) is 2.28. The van der Waals surface area contributed by atoms with E-state index in [1.54, 1.807) is 0 Å². The number of allylic oxidation sites excluding steroid dienone is 1. The van der Waals surface area contributed by atoms with Gasteiger partial charge in [0.2, 0.25) is 0 Å². The van der Waals surface area contributed by atoms with Gasteiger partial charge in [0, 0.05) is 5.25 Å². The molecule has 9 heavy (non-hydrogen) atoms. The molecule has 2 atom stereocenters. The molecular formula is C8H14S. The molecule has 0 fully saturated rings. The Labute approximate surface area is 62.8 Å². The lowest BCUT2D eigenvalue weighted by Crippen LogP contribution is -1.94. The number of rotatable bonds is 0. The van der Waals surface area contributed by atoms with Crippen LogP contribution < -0.4 is 0 Å². The fourth-order valence-electron chi connectivity index (χ4n) is 1.14. The Bertz CT molecular complexity index is 107. The Morgan fingerprint density at radius 1 is 1.44 bits per heavy atom. The van der Waals surface area contributed by atoms with Gasteiger partial charge < -0.3 is 0 Å². The summed E-state index contributed by atoms with van der Waals surface area (Å²) < 4.78 is 0. The van der Waals surface area contributed by atoms with E-state index in [9.17, 15) is 0 Å². The van der Waals surface area contributed by atoms with Crippen LogP contribution in [0, 0.1) is 5.92 Å². The zero-order valence-electron chi connectivity index (χ0n) is 5.88. The summed E-state index contributed by atoms with van der Waals surface area (Å²) in [6, 6.07) is 0. The van der Waals surface area contributed by atoms with E-state index in [1.165, 1.54) is 19.3 Å². The largest absolute Gasteiger partial charge is 0.172 e. The molecule has 1 heteroatoms. The maximum absolute atomic E-state index is 4.38. The molecule has 0 radical (unpaired) electrons. The van der Waals surface area contributed by atoms with Gasteiger partial charge in [-0.1, -0.05) is 19.1 Å². The van der Waals surface area contributed by atoms with Gasteiger partial charge >= 0.3 is 0 Å². The first-order valence-corrected chi connectivity index (χ1v) is 4.15. The molecule has 1 aliphatic carbocycles. The highest BCUT2D eigenvalue weighted by molar-refractivity contribution is 7.81. The summed E-state index contributed by atoms with van der Waals surface area (Å²) in [7, 11) is 0. The van der Waals surface area contributed by atoms with Gasteiger partial charge in [0.25, 0.3) is 0 Å². The summed E-state index contributed by atoms with van der Waals surface area (Å²) in [6.45, 7) is 2.30. The second kappa shape index (κ2) is 3.31. The molecule has 1 rings (SSSR count). The van der Waals surface area contributed by atoms with Crippen LogP contribution in [0.25, 0.3) is 0 Å². The zero-order chi connectivity index (χ0) is 6.69. The van der Waals surface area contributed by atoms with Gasteiger partial charge in [-0.15, -0.1) is 0 Å². The highest BCUT2D eigenvalue weighted by Gasteiger charge is 2.06. The fourth-order valence-corrected chi connectivity index (χ4v) is 1.41. The molecule has 0 aliphatic heterocycles. The third-order valence-electron chi connectivity index (χ3n) is 1.85. The van der Waals surface area contributed by atoms with Crippen molar-refractivity contribution < 1.29 is 0 Å². The first kappa shape index (κ1) is 7.20. The minimum atomic E-state index is 0.523. The van der Waals surface area contributed by atoms with Crippen molar-refractivity contribution in [3.63, 3.8) is 0 Å². The monoisotopic (exact) mass is 142 g/mol. The fraction of sp³-hybridized carbons (Fsp3) is 0.750. The quantitative estimate of drug-likeness (QED) is 0.390. The normalized spacial score (nSPS) is 36.2. The number of hydrogen-bond donors (Lipinski definition) is 1. The molecule has 0 N–H and O–H groups in total. The molecule has 0 spiro atoms. The van der Waals surface area contributed by atoms with Crippen molar-refractivity contribution in [1.29, 1.82) is 0 Å². The molecule has 0 nitrogen and oxygen atoms in total. The molecule has 0 bridgehead atoms. The predicted molar refractivity (Wildman–Crippen MR) is 44.9 cm³/mol. The molecular weight excluding hydrogens is 128 g/mol. The van der Waals surface area contributed by atoms with E-state index in [2.05, 4.69) is 31.7 Å². The van der Waals surface area contributed by atoms with Crippen molar-refractivity contribution >= 4 is 12.6 Å². The first-order chi connectivity index (χ1) is 4.29. The van der Waals surface area contributed by atoms with Crippen LogP contribution in [0.1, 0.15) is 26.2 Å². The number of thiol groups is 1. The molecule has 0 heterocycles. The van der Waals surface area contributed by atoms with Crippen molar-refractivity contribution in [3.8, 4) is 0 Å². The molecule has 0 aromatic heterocycles. The van der Waals surface area contributed by atoms with E-state index in [1.807, 2.05) is 0 Å². The van der Waals surface area contributed by atoms with Crippen molar-refractivity contribution in [2.75, 3.05) is 0 Å². The Hall–Kier alpha value is 0.0900. The SMILES string of the molecule is CC1CC=CC(S)CC1. The van der Waals surface area contributed by atoms with Crippen LogP contribution in [0.3, 0.4) is 0 Å². The van der Waals surface area contributed by atoms with Crippen molar-refractivity contribution in [2.45, 2.75) is 31.4 Å². The van der Waals surface area contributed by atoms with Crippen LogP contribution >= 0.6 is 12.6 Å². The molecule has 2 unspecified atom stereocenters. The van der Waals surface area contributed by atoms with Gasteiger partial charge in [-0.2, -0.15) is 12.6 Å². The van der Waals surface area contributed by atoms with Crippen molar-refractivity contribution in [2.24, 2.45) is 5.92 Å². The molecule has 1 aliphatic rings. The maximum atomic E-state index is 4.38. The predicted octanol–water partition coefficient (Wildman–Crippen LogP) is 2.66. The zero-order valence-corrected chi connectivity index (χ0v) is 6.77. The lowest BCUT2D eigenvalue weighted by molar-refractivity contribution is 0.535. The average Bonchev–Trinajstić information content (AvgIpc) is 1.97. The maximum Gasteiger partial charge on any atom is 0.0196 e. The van der Waals surface area contributed by atoms with Crippen LogP contribution in [0.4, 0.5) is 0 Å². The van der Waals surface area contributed by atoms with Crippen LogP contribution in [-0.2, 0) is 0 Å². The summed E-state index contributed by atoms with van der Waals surface area (Å²) in [5.74, 6) is 0.874. The van der Waals surface area contributed by atoms with Gasteiger partial charge in [0.05, 0.1) is 0 Å². The van der Waals surface area contributed by atoms with Crippen LogP contribution in [0.5, 0.6) is 0 Å². The van der Waals surface area contributed by atoms with E-state index in [0.717, 1.165) is 5.92 Å². The van der Waals surface area contributed by atoms with E-state index in [4.69, 9.17) is 0 Å². The molecule has 0 saturated carbocycles. The van der Waals surface area contributed by atoms with Gasteiger partial charge in [-0.25, -0.2) is 0 Å². The summed E-state index contributed by atoms with van der Waals surface area (Å²) in [5, 5.41) is 0.523. The van der Waals surface area contributed by atoms with Crippen molar-refractivity contribution in [3.05, 3.63) is 12.2 Å². The second-order valence-electron chi connectivity index (χ2n) is 2.91. The molecule has 0 saturated heterocycles. The van der Waals surface area contributed by atoms with Gasteiger partial charge in [0.1, 0.15) is 0 Å². The second-order valence-corrected chi connectivity index (χ2v) is 3.58. The smallest absolute Gasteiger partial charge is 0.0196 e. The topological polar surface area (TPSA) is 0 Å². The Morgan fingerprint density at radius 2 is 2.22 bits per heavy atom. The van der Waals surface area contributed by atoms with Crippen LogP contribution in [0.15, 0.2) is 12.2 Å². The molecule has 0 amide bonds. The number of hydrogen-bond acceptors (Lipinski definition) is 1. The standard InChI is InChI=1S/C8H14S/c1-7-3-2-4-8(9)6-5-7/h2,4,7-9H,3,5-6H2,1H3. The molecule has 0 aromatic carbocycles. The summed E-state index contributed by atoms with van der Waals surface area (Å²) >= 11 is 4.38. The average molecular weight is 142 g/mol. The molecule has 0 aromatic rings. The van der Waals surface area contributed by atoms with Crippen LogP contribution in [-0.4, -0.2) is 5.25 Å². The highest BCUT2D eigenvalue weighted by atomic mass is 32.1. The highest BCUT2D eigenvalue weighted by Crippen LogP contribution is 2.19. The summed E-state index contributed by atoms with van der Waals surface area (Å²) in [6.07, 6.45) is 8.31. The third kappa shape index (κ3) is 2.44. The van der Waals surface area contributed by atoms with E-state index < -0.39 is 0 Å². The van der Waals surface area contributed by atoms with Crippen molar-refractivity contribution in [1.82, 2.24) is 0 Å². The van der Waals surface area contributed by atoms with Gasteiger partial charge in [-0.3, -0.25) is 0 Å². The molecule has 52 valence electrons. The Balaban J connectivity index is 2.39. The van der Waals surface area contributed by atoms with E-state index in [-0.39, 0.29) is 0 Å². The summed E-state index contributed by atoms with van der Waals surface area (Å²) in [5.41, 5.74) is 0. The van der Waals surface area contributed by atoms with Gasteiger partial charge in [0.15, 0.2) is 0 Å². The Morgan fingerprint density at radius 3 is 3.00 bits per heavy atom. The lowest BCUT2D eigenvalue weighted by atomic mass is 10.0. The minimum Gasteiger partial charge on any atom is -0.172 e.